The number of carbonyl (C=O) groups excluding carboxylic acids is 1. The van der Waals surface area contributed by atoms with E-state index in [-0.39, 0.29) is 11.3 Å². The molecule has 0 saturated heterocycles. The summed E-state index contributed by atoms with van der Waals surface area (Å²) in [5.74, 6) is -0.177. The molecule has 2 aromatic carbocycles. The molecular formula is C24H24Cl2O4. The number of rotatable bonds is 5. The molecule has 1 fully saturated rings. The van der Waals surface area contributed by atoms with Crippen molar-refractivity contribution >= 4 is 34.7 Å². The predicted octanol–water partition coefficient (Wildman–Crippen LogP) is 6.45. The van der Waals surface area contributed by atoms with Crippen LogP contribution in [0, 0.1) is 5.92 Å². The number of carbonyl (C=O) groups is 1. The van der Waals surface area contributed by atoms with E-state index in [0.29, 0.717) is 41.0 Å². The van der Waals surface area contributed by atoms with Crippen molar-refractivity contribution in [2.24, 2.45) is 5.92 Å². The highest BCUT2D eigenvalue weighted by atomic mass is 35.5. The van der Waals surface area contributed by atoms with Gasteiger partial charge in [0.05, 0.1) is 0 Å². The molecule has 4 nitrogen and oxygen atoms in total. The van der Waals surface area contributed by atoms with Crippen molar-refractivity contribution in [3.05, 3.63) is 63.8 Å². The highest BCUT2D eigenvalue weighted by Crippen LogP contribution is 2.48. The summed E-state index contributed by atoms with van der Waals surface area (Å²) in [6, 6.07) is 12.9. The van der Waals surface area contributed by atoms with E-state index in [1.165, 1.54) is 0 Å². The minimum absolute atomic E-state index is 0.00442. The Morgan fingerprint density at radius 2 is 1.90 bits per heavy atom. The van der Waals surface area contributed by atoms with E-state index in [4.69, 9.17) is 32.7 Å². The average Bonchev–Trinajstić information content (AvgIpc) is 2.97. The Hall–Kier alpha value is -2.01. The molecule has 2 aliphatic rings. The molecule has 6 heteroatoms. The summed E-state index contributed by atoms with van der Waals surface area (Å²) in [4.78, 5) is 12.9. The van der Waals surface area contributed by atoms with Crippen LogP contribution in [0.4, 0.5) is 0 Å². The highest BCUT2D eigenvalue weighted by molar-refractivity contribution is 6.35. The van der Waals surface area contributed by atoms with E-state index in [9.17, 15) is 9.90 Å². The van der Waals surface area contributed by atoms with Gasteiger partial charge in [-0.1, -0.05) is 47.8 Å². The highest BCUT2D eigenvalue weighted by Gasteiger charge is 2.51. The first-order valence-electron chi connectivity index (χ1n) is 10.2. The van der Waals surface area contributed by atoms with Gasteiger partial charge >= 0.3 is 5.97 Å². The molecule has 0 aromatic heterocycles. The Bertz CT molecular complexity index is 983. The molecule has 2 atom stereocenters. The monoisotopic (exact) mass is 446 g/mol. The van der Waals surface area contributed by atoms with Gasteiger partial charge in [0.25, 0.3) is 0 Å². The maximum atomic E-state index is 12.9. The second-order valence-electron chi connectivity index (χ2n) is 8.05. The summed E-state index contributed by atoms with van der Waals surface area (Å²) in [6.07, 6.45) is 4.03. The third-order valence-electron chi connectivity index (χ3n) is 6.12. The number of hydrogen-bond acceptors (Lipinski definition) is 4. The smallest absolute Gasteiger partial charge is 0.343 e. The lowest BCUT2D eigenvalue weighted by Gasteiger charge is -2.36. The molecule has 1 heterocycles. The minimum atomic E-state index is -0.956. The van der Waals surface area contributed by atoms with Crippen molar-refractivity contribution in [1.82, 2.24) is 0 Å². The molecule has 1 aliphatic heterocycles. The van der Waals surface area contributed by atoms with E-state index in [2.05, 4.69) is 0 Å². The van der Waals surface area contributed by atoms with Crippen molar-refractivity contribution in [3.63, 3.8) is 0 Å². The SMILES string of the molecule is COCCC1CCCC2(C1)OC(=O)C(c1cc(-c3ccc(Cl)cc3)ccc1Cl)=C2O. The Morgan fingerprint density at radius 3 is 2.63 bits per heavy atom. The zero-order valence-electron chi connectivity index (χ0n) is 16.8. The lowest BCUT2D eigenvalue weighted by Crippen LogP contribution is -2.38. The Morgan fingerprint density at radius 1 is 1.17 bits per heavy atom. The molecule has 1 N–H and O–H groups in total. The van der Waals surface area contributed by atoms with Crippen LogP contribution in [0.2, 0.25) is 10.0 Å². The molecule has 2 unspecified atom stereocenters. The number of ether oxygens (including phenoxy) is 2. The fourth-order valence-electron chi connectivity index (χ4n) is 4.56. The van der Waals surface area contributed by atoms with Crippen molar-refractivity contribution in [2.75, 3.05) is 13.7 Å². The van der Waals surface area contributed by atoms with Crippen LogP contribution in [0.25, 0.3) is 16.7 Å². The number of aliphatic hydroxyl groups is 1. The van der Waals surface area contributed by atoms with Gasteiger partial charge in [-0.15, -0.1) is 0 Å². The van der Waals surface area contributed by atoms with Gasteiger partial charge in [0.2, 0.25) is 0 Å². The fraction of sp³-hybridized carbons (Fsp3) is 0.375. The molecule has 0 amide bonds. The zero-order valence-corrected chi connectivity index (χ0v) is 18.3. The summed E-state index contributed by atoms with van der Waals surface area (Å²) in [7, 11) is 1.68. The molecule has 0 bridgehead atoms. The van der Waals surface area contributed by atoms with Gasteiger partial charge in [0.1, 0.15) is 5.57 Å². The predicted molar refractivity (Wildman–Crippen MR) is 119 cm³/mol. The van der Waals surface area contributed by atoms with Gasteiger partial charge in [-0.2, -0.15) is 0 Å². The maximum Gasteiger partial charge on any atom is 0.343 e. The number of hydrogen-bond donors (Lipinski definition) is 1. The van der Waals surface area contributed by atoms with Gasteiger partial charge < -0.3 is 14.6 Å². The van der Waals surface area contributed by atoms with Crippen LogP contribution in [0.5, 0.6) is 0 Å². The second-order valence-corrected chi connectivity index (χ2v) is 8.90. The molecule has 0 radical (unpaired) electrons. The van der Waals surface area contributed by atoms with Gasteiger partial charge in [-0.05, 0) is 67.0 Å². The van der Waals surface area contributed by atoms with Crippen LogP contribution in [0.3, 0.4) is 0 Å². The molecule has 158 valence electrons. The molecule has 30 heavy (non-hydrogen) atoms. The maximum absolute atomic E-state index is 12.9. The van der Waals surface area contributed by atoms with Gasteiger partial charge in [0, 0.05) is 29.3 Å². The Labute approximate surface area is 186 Å². The number of methoxy groups -OCH3 is 1. The van der Waals surface area contributed by atoms with E-state index in [1.807, 2.05) is 36.4 Å². The van der Waals surface area contributed by atoms with Gasteiger partial charge in [-0.25, -0.2) is 4.79 Å². The number of benzene rings is 2. The van der Waals surface area contributed by atoms with Crippen molar-refractivity contribution in [1.29, 1.82) is 0 Å². The van der Waals surface area contributed by atoms with Gasteiger partial charge in [0.15, 0.2) is 11.4 Å². The standard InChI is InChI=1S/C24H24Cl2O4/c1-29-12-10-15-3-2-11-24(14-15)22(27)21(23(28)30-24)19-13-17(6-9-20(19)26)16-4-7-18(25)8-5-16/h4-9,13,15,27H,2-3,10-12,14H2,1H3. The molecule has 4 rings (SSSR count). The number of esters is 1. The normalized spacial score (nSPS) is 23.8. The zero-order chi connectivity index (χ0) is 21.3. The first-order chi connectivity index (χ1) is 14.4. The van der Waals surface area contributed by atoms with Crippen LogP contribution in [-0.4, -0.2) is 30.4 Å². The van der Waals surface area contributed by atoms with E-state index < -0.39 is 11.6 Å². The van der Waals surface area contributed by atoms with Crippen LogP contribution < -0.4 is 0 Å². The number of aliphatic hydroxyl groups excluding tert-OH is 1. The topological polar surface area (TPSA) is 55.8 Å². The second kappa shape index (κ2) is 8.62. The molecular weight excluding hydrogens is 423 g/mol. The summed E-state index contributed by atoms with van der Waals surface area (Å²) in [6.45, 7) is 0.654. The summed E-state index contributed by atoms with van der Waals surface area (Å²) in [5.41, 5.74) is 1.52. The third-order valence-corrected chi connectivity index (χ3v) is 6.70. The van der Waals surface area contributed by atoms with Crippen LogP contribution in [0.15, 0.2) is 48.2 Å². The van der Waals surface area contributed by atoms with E-state index >= 15 is 0 Å². The Balaban J connectivity index is 1.71. The molecule has 1 spiro atoms. The van der Waals surface area contributed by atoms with Crippen molar-refractivity contribution in [3.8, 4) is 11.1 Å². The number of halogens is 2. The summed E-state index contributed by atoms with van der Waals surface area (Å²) < 4.78 is 11.0. The largest absolute Gasteiger partial charge is 0.507 e. The van der Waals surface area contributed by atoms with E-state index in [1.54, 1.807) is 13.2 Å². The third kappa shape index (κ3) is 3.96. The first-order valence-corrected chi connectivity index (χ1v) is 10.9. The van der Waals surface area contributed by atoms with Crippen LogP contribution in [0.1, 0.15) is 37.7 Å². The van der Waals surface area contributed by atoms with Crippen LogP contribution in [-0.2, 0) is 14.3 Å². The fourth-order valence-corrected chi connectivity index (χ4v) is 4.90. The molecule has 2 aromatic rings. The minimum Gasteiger partial charge on any atom is -0.507 e. The quantitative estimate of drug-likeness (QED) is 0.535. The average molecular weight is 447 g/mol. The van der Waals surface area contributed by atoms with Gasteiger partial charge in [-0.3, -0.25) is 0 Å². The molecule has 1 saturated carbocycles. The summed E-state index contributed by atoms with van der Waals surface area (Å²) >= 11 is 12.4. The van der Waals surface area contributed by atoms with E-state index in [0.717, 1.165) is 30.4 Å². The first kappa shape index (κ1) is 21.2. The molecule has 1 aliphatic carbocycles. The van der Waals surface area contributed by atoms with Crippen LogP contribution >= 0.6 is 23.2 Å². The lowest BCUT2D eigenvalue weighted by atomic mass is 9.75. The van der Waals surface area contributed by atoms with Crippen molar-refractivity contribution < 1.29 is 19.4 Å². The summed E-state index contributed by atoms with van der Waals surface area (Å²) in [5, 5.41) is 12.2. The lowest BCUT2D eigenvalue weighted by molar-refractivity contribution is -0.151. The van der Waals surface area contributed by atoms with Crippen molar-refractivity contribution in [2.45, 2.75) is 37.7 Å². The Kier molecular flexibility index (Phi) is 6.10.